The maximum absolute atomic E-state index is 7.04. The number of benzene rings is 2. The third kappa shape index (κ3) is 9.97. The van der Waals surface area contributed by atoms with Crippen molar-refractivity contribution >= 4 is 16.4 Å². The van der Waals surface area contributed by atoms with Crippen LogP contribution in [0.25, 0.3) is 0 Å². The van der Waals surface area contributed by atoms with Gasteiger partial charge in [0.2, 0.25) is 0 Å². The van der Waals surface area contributed by atoms with E-state index in [2.05, 4.69) is 108 Å². The Kier molecular flexibility index (Phi) is 11.4. The van der Waals surface area contributed by atoms with Gasteiger partial charge in [0.05, 0.1) is 37.1 Å². The number of hydrogen-bond donors (Lipinski definition) is 0. The fourth-order valence-electron chi connectivity index (χ4n) is 4.65. The molecule has 0 unspecified atom stereocenters. The summed E-state index contributed by atoms with van der Waals surface area (Å²) in [5.74, 6) is 3.50. The molecule has 3 rings (SSSR count). The smallest absolute Gasteiger partial charge is 0.192 e. The highest BCUT2D eigenvalue weighted by Crippen LogP contribution is 2.42. The Hall–Kier alpha value is -1.73. The second-order valence-electron chi connectivity index (χ2n) is 14.0. The van der Waals surface area contributed by atoms with Crippen molar-refractivity contribution in [2.75, 3.05) is 6.61 Å². The summed E-state index contributed by atoms with van der Waals surface area (Å²) < 4.78 is 26.9. The van der Waals surface area contributed by atoms with E-state index in [1.54, 1.807) is 0 Å². The zero-order chi connectivity index (χ0) is 29.4. The van der Waals surface area contributed by atoms with Crippen LogP contribution < -0.4 is 0 Å². The van der Waals surface area contributed by atoms with Crippen molar-refractivity contribution in [2.24, 2.45) is 0 Å². The zero-order valence-electron chi connectivity index (χ0n) is 26.4. The minimum Gasteiger partial charge on any atom is -0.411 e. The highest BCUT2D eigenvalue weighted by molar-refractivity contribution is 6.83. The van der Waals surface area contributed by atoms with Crippen molar-refractivity contribution in [3.63, 3.8) is 0 Å². The predicted octanol–water partition coefficient (Wildman–Crippen LogP) is 8.39. The quantitative estimate of drug-likeness (QED) is 0.152. The fraction of sp³-hybridized carbons (Fsp3) is 0.588. The van der Waals surface area contributed by atoms with E-state index in [4.69, 9.17) is 18.6 Å². The third-order valence-electron chi connectivity index (χ3n) is 8.13. The molecule has 0 amide bonds. The topological polar surface area (TPSA) is 36.9 Å². The molecule has 6 heteroatoms. The highest BCUT2D eigenvalue weighted by atomic mass is 28.4. The minimum absolute atomic E-state index is 0.0593. The van der Waals surface area contributed by atoms with Gasteiger partial charge in [-0.25, -0.2) is 0 Å². The molecule has 1 aliphatic heterocycles. The van der Waals surface area contributed by atoms with Crippen molar-refractivity contribution in [3.8, 4) is 11.5 Å². The second-order valence-corrected chi connectivity index (χ2v) is 23.5. The van der Waals surface area contributed by atoms with Gasteiger partial charge in [-0.3, -0.25) is 0 Å². The second kappa shape index (κ2) is 14.0. The van der Waals surface area contributed by atoms with E-state index in [1.165, 1.54) is 5.56 Å². The molecule has 0 spiro atoms. The molecule has 2 aromatic carbocycles. The Morgan fingerprint density at radius 2 is 1.48 bits per heavy atom. The standard InChI is InChI=1S/C34H52O4Si2/c1-33(2,3)40(8,9)38-31-25-32(36-27-29-19-14-11-15-20-29)34(4,37-30(31)21-16-24-39(5,6)7)22-23-35-26-28-17-12-10-13-18-28/h10-15,17-20,30-32H,21-23,25-27H2,1-9H3/t30-,31+,32-,34+/m0/s1. The molecule has 40 heavy (non-hydrogen) atoms. The van der Waals surface area contributed by atoms with Crippen molar-refractivity contribution in [2.45, 2.75) is 122 Å². The maximum Gasteiger partial charge on any atom is 0.192 e. The summed E-state index contributed by atoms with van der Waals surface area (Å²) in [6, 6.07) is 20.7. The van der Waals surface area contributed by atoms with Gasteiger partial charge < -0.3 is 18.6 Å². The summed E-state index contributed by atoms with van der Waals surface area (Å²) in [6.45, 7) is 22.3. The maximum atomic E-state index is 7.04. The van der Waals surface area contributed by atoms with E-state index < -0.39 is 22.0 Å². The molecule has 1 fully saturated rings. The van der Waals surface area contributed by atoms with E-state index in [0.29, 0.717) is 26.2 Å². The predicted molar refractivity (Wildman–Crippen MR) is 171 cm³/mol. The van der Waals surface area contributed by atoms with Crippen molar-refractivity contribution < 1.29 is 18.6 Å². The van der Waals surface area contributed by atoms with Gasteiger partial charge in [0, 0.05) is 25.9 Å². The van der Waals surface area contributed by atoms with Gasteiger partial charge >= 0.3 is 0 Å². The van der Waals surface area contributed by atoms with Gasteiger partial charge in [-0.2, -0.15) is 0 Å². The molecule has 0 aromatic heterocycles. The molecule has 2 aromatic rings. The molecule has 0 N–H and O–H groups in total. The number of ether oxygens (including phenoxy) is 3. The zero-order valence-corrected chi connectivity index (χ0v) is 28.4. The average Bonchev–Trinajstić information content (AvgIpc) is 2.87. The van der Waals surface area contributed by atoms with Crippen LogP contribution in [0.4, 0.5) is 0 Å². The summed E-state index contributed by atoms with van der Waals surface area (Å²) in [6.07, 6.45) is 1.92. The molecule has 4 atom stereocenters. The molecular weight excluding hydrogens is 529 g/mol. The van der Waals surface area contributed by atoms with E-state index in [-0.39, 0.29) is 23.4 Å². The Balaban J connectivity index is 1.83. The van der Waals surface area contributed by atoms with E-state index in [9.17, 15) is 0 Å². The molecule has 0 bridgehead atoms. The molecule has 1 saturated heterocycles. The first-order valence-corrected chi connectivity index (χ1v) is 21.2. The molecule has 1 aliphatic rings. The van der Waals surface area contributed by atoms with Crippen molar-refractivity contribution in [1.82, 2.24) is 0 Å². The molecule has 0 saturated carbocycles. The summed E-state index contributed by atoms with van der Waals surface area (Å²) in [4.78, 5) is 0. The van der Waals surface area contributed by atoms with E-state index in [0.717, 1.165) is 18.4 Å². The largest absolute Gasteiger partial charge is 0.411 e. The van der Waals surface area contributed by atoms with Gasteiger partial charge in [-0.15, -0.1) is 11.5 Å². The van der Waals surface area contributed by atoms with E-state index in [1.807, 2.05) is 24.3 Å². The lowest BCUT2D eigenvalue weighted by Crippen LogP contribution is -2.59. The van der Waals surface area contributed by atoms with Gasteiger partial charge in [-0.1, -0.05) is 101 Å². The third-order valence-corrected chi connectivity index (χ3v) is 13.6. The fourth-order valence-corrected chi connectivity index (χ4v) is 6.64. The van der Waals surface area contributed by atoms with Crippen LogP contribution in [-0.4, -0.2) is 46.9 Å². The Labute approximate surface area is 246 Å². The molecular formula is C34H52O4Si2. The first-order valence-electron chi connectivity index (χ1n) is 14.8. The van der Waals surface area contributed by atoms with Gasteiger partial charge in [0.15, 0.2) is 8.32 Å². The van der Waals surface area contributed by atoms with E-state index >= 15 is 0 Å². The first-order chi connectivity index (χ1) is 18.7. The van der Waals surface area contributed by atoms with Crippen molar-refractivity contribution in [3.05, 3.63) is 71.8 Å². The SMILES string of the molecule is CC(C)(C)[Si](C)(C)O[C@@H]1C[C@H](OCc2ccccc2)[C@@](C)(CCOCc2ccccc2)O[C@H]1CC#C[Si](C)(C)C. The van der Waals surface area contributed by atoms with Crippen LogP contribution in [0, 0.1) is 11.5 Å². The molecule has 0 aliphatic carbocycles. The number of rotatable bonds is 11. The Morgan fingerprint density at radius 3 is 2.02 bits per heavy atom. The number of hydrogen-bond acceptors (Lipinski definition) is 4. The minimum atomic E-state index is -2.04. The van der Waals surface area contributed by atoms with Crippen molar-refractivity contribution in [1.29, 1.82) is 0 Å². The Morgan fingerprint density at radius 1 is 0.900 bits per heavy atom. The van der Waals surface area contributed by atoms with Crippen LogP contribution in [-0.2, 0) is 31.9 Å². The van der Waals surface area contributed by atoms with Crippen LogP contribution in [0.3, 0.4) is 0 Å². The Bertz CT molecular complexity index is 1100. The van der Waals surface area contributed by atoms with Crippen LogP contribution in [0.2, 0.25) is 37.8 Å². The normalized spacial score (nSPS) is 23.9. The monoisotopic (exact) mass is 580 g/mol. The molecule has 0 radical (unpaired) electrons. The first kappa shape index (κ1) is 32.8. The summed E-state index contributed by atoms with van der Waals surface area (Å²) in [7, 11) is -3.53. The molecule has 1 heterocycles. The lowest BCUT2D eigenvalue weighted by Gasteiger charge is -2.50. The molecule has 220 valence electrons. The molecule has 4 nitrogen and oxygen atoms in total. The lowest BCUT2D eigenvalue weighted by atomic mass is 9.85. The van der Waals surface area contributed by atoms with Crippen LogP contribution >= 0.6 is 0 Å². The van der Waals surface area contributed by atoms with Crippen LogP contribution in [0.1, 0.15) is 58.1 Å². The summed E-state index contributed by atoms with van der Waals surface area (Å²) in [5.41, 5.74) is 5.38. The van der Waals surface area contributed by atoms with Crippen LogP contribution in [0.5, 0.6) is 0 Å². The van der Waals surface area contributed by atoms with Crippen LogP contribution in [0.15, 0.2) is 60.7 Å². The average molecular weight is 581 g/mol. The van der Waals surface area contributed by atoms with Gasteiger partial charge in [0.1, 0.15) is 8.07 Å². The highest BCUT2D eigenvalue weighted by Gasteiger charge is 2.49. The van der Waals surface area contributed by atoms with Gasteiger partial charge in [0.25, 0.3) is 0 Å². The van der Waals surface area contributed by atoms with Gasteiger partial charge in [-0.05, 0) is 36.2 Å². The lowest BCUT2D eigenvalue weighted by molar-refractivity contribution is -0.235. The summed E-state index contributed by atoms with van der Waals surface area (Å²) >= 11 is 0. The summed E-state index contributed by atoms with van der Waals surface area (Å²) in [5, 5.41) is 0.105.